The lowest BCUT2D eigenvalue weighted by Gasteiger charge is -2.02. The van der Waals surface area contributed by atoms with Crippen LogP contribution >= 0.6 is 23.4 Å². The van der Waals surface area contributed by atoms with Gasteiger partial charge >= 0.3 is 0 Å². The monoisotopic (exact) mass is 204 g/mol. The molecule has 0 amide bonds. The molecule has 66 valence electrons. The van der Waals surface area contributed by atoms with E-state index in [0.717, 1.165) is 17.1 Å². The van der Waals surface area contributed by atoms with Crippen LogP contribution in [0, 0.1) is 5.82 Å². The van der Waals surface area contributed by atoms with Gasteiger partial charge in [0.25, 0.3) is 0 Å². The van der Waals surface area contributed by atoms with Crippen molar-refractivity contribution < 1.29 is 4.39 Å². The van der Waals surface area contributed by atoms with Crippen molar-refractivity contribution in [2.24, 2.45) is 0 Å². The molecule has 0 radical (unpaired) electrons. The van der Waals surface area contributed by atoms with E-state index >= 15 is 0 Å². The summed E-state index contributed by atoms with van der Waals surface area (Å²) in [7, 11) is 0. The molecule has 0 fully saturated rings. The van der Waals surface area contributed by atoms with Crippen LogP contribution in [0.3, 0.4) is 0 Å². The summed E-state index contributed by atoms with van der Waals surface area (Å²) in [5.74, 6) is 1.48. The van der Waals surface area contributed by atoms with E-state index in [1.54, 1.807) is 17.8 Å². The van der Waals surface area contributed by atoms with Crippen molar-refractivity contribution in [3.8, 4) is 0 Å². The Kier molecular flexibility index (Phi) is 3.89. The van der Waals surface area contributed by atoms with Gasteiger partial charge in [0.05, 0.1) is 5.02 Å². The molecule has 0 nitrogen and oxygen atoms in total. The highest BCUT2D eigenvalue weighted by Gasteiger charge is 2.03. The van der Waals surface area contributed by atoms with E-state index in [2.05, 4.69) is 6.92 Å². The smallest absolute Gasteiger partial charge is 0.142 e. The highest BCUT2D eigenvalue weighted by Crippen LogP contribution is 2.23. The van der Waals surface area contributed by atoms with Crippen LogP contribution in [0.4, 0.5) is 4.39 Å². The molecule has 1 aromatic carbocycles. The van der Waals surface area contributed by atoms with Gasteiger partial charge in [-0.3, -0.25) is 0 Å². The van der Waals surface area contributed by atoms with Crippen LogP contribution in [-0.4, -0.2) is 5.75 Å². The summed E-state index contributed by atoms with van der Waals surface area (Å²) in [5.41, 5.74) is 0.878. The fraction of sp³-hybridized carbons (Fsp3) is 0.333. The molecule has 0 N–H and O–H groups in total. The van der Waals surface area contributed by atoms with Crippen molar-refractivity contribution >= 4 is 23.4 Å². The third kappa shape index (κ3) is 2.39. The largest absolute Gasteiger partial charge is 0.205 e. The van der Waals surface area contributed by atoms with Crippen LogP contribution in [0.5, 0.6) is 0 Å². The average molecular weight is 205 g/mol. The number of hydrogen-bond donors (Lipinski definition) is 0. The Morgan fingerprint density at radius 3 is 2.92 bits per heavy atom. The number of halogens is 2. The van der Waals surface area contributed by atoms with E-state index in [9.17, 15) is 4.39 Å². The first-order chi connectivity index (χ1) is 5.75. The molecule has 0 bridgehead atoms. The molecule has 0 aromatic heterocycles. The zero-order valence-corrected chi connectivity index (χ0v) is 8.38. The molecular weight excluding hydrogens is 195 g/mol. The van der Waals surface area contributed by atoms with Crippen molar-refractivity contribution in [2.75, 3.05) is 5.75 Å². The summed E-state index contributed by atoms with van der Waals surface area (Å²) in [6.45, 7) is 2.07. The standard InChI is InChI=1S/C9H10ClFS/c1-2-12-6-7-4-3-5-8(11)9(7)10/h3-5H,2,6H2,1H3. The van der Waals surface area contributed by atoms with E-state index in [0.29, 0.717) is 0 Å². The molecule has 0 unspecified atom stereocenters. The predicted molar refractivity (Wildman–Crippen MR) is 53.2 cm³/mol. The van der Waals surface area contributed by atoms with Crippen LogP contribution in [0.25, 0.3) is 0 Å². The Morgan fingerprint density at radius 2 is 2.25 bits per heavy atom. The van der Waals surface area contributed by atoms with Crippen molar-refractivity contribution in [1.82, 2.24) is 0 Å². The molecule has 0 spiro atoms. The van der Waals surface area contributed by atoms with Gasteiger partial charge in [-0.25, -0.2) is 4.39 Å². The molecule has 0 saturated carbocycles. The SMILES string of the molecule is CCSCc1cccc(F)c1Cl. The number of rotatable bonds is 3. The summed E-state index contributed by atoms with van der Waals surface area (Å²) in [4.78, 5) is 0. The van der Waals surface area contributed by atoms with Crippen molar-refractivity contribution in [1.29, 1.82) is 0 Å². The third-order valence-electron chi connectivity index (χ3n) is 1.49. The highest BCUT2D eigenvalue weighted by molar-refractivity contribution is 7.98. The molecule has 0 aliphatic rings. The Morgan fingerprint density at radius 1 is 1.50 bits per heavy atom. The van der Waals surface area contributed by atoms with Crippen LogP contribution in [0.1, 0.15) is 12.5 Å². The van der Waals surface area contributed by atoms with Gasteiger partial charge in [-0.15, -0.1) is 0 Å². The van der Waals surface area contributed by atoms with Crippen LogP contribution in [0.2, 0.25) is 5.02 Å². The highest BCUT2D eigenvalue weighted by atomic mass is 35.5. The maximum absolute atomic E-state index is 12.9. The van der Waals surface area contributed by atoms with Crippen molar-refractivity contribution in [3.05, 3.63) is 34.6 Å². The van der Waals surface area contributed by atoms with Gasteiger partial charge in [-0.05, 0) is 17.4 Å². The maximum Gasteiger partial charge on any atom is 0.142 e. The summed E-state index contributed by atoms with van der Waals surface area (Å²) in [6, 6.07) is 4.92. The summed E-state index contributed by atoms with van der Waals surface area (Å²) < 4.78 is 12.9. The van der Waals surface area contributed by atoms with E-state index in [-0.39, 0.29) is 10.8 Å². The fourth-order valence-electron chi connectivity index (χ4n) is 0.872. The molecule has 3 heteroatoms. The lowest BCUT2D eigenvalue weighted by atomic mass is 10.2. The van der Waals surface area contributed by atoms with Gasteiger partial charge in [0.15, 0.2) is 0 Å². The number of benzene rings is 1. The molecule has 0 aliphatic heterocycles. The van der Waals surface area contributed by atoms with Gasteiger partial charge in [-0.2, -0.15) is 11.8 Å². The Balaban J connectivity index is 2.78. The summed E-state index contributed by atoms with van der Waals surface area (Å²) in [6.07, 6.45) is 0. The summed E-state index contributed by atoms with van der Waals surface area (Å²) >= 11 is 7.47. The second kappa shape index (κ2) is 4.73. The van der Waals surface area contributed by atoms with E-state index < -0.39 is 0 Å². The minimum Gasteiger partial charge on any atom is -0.205 e. The van der Waals surface area contributed by atoms with Gasteiger partial charge in [0.2, 0.25) is 0 Å². The number of thioether (sulfide) groups is 1. The second-order valence-corrected chi connectivity index (χ2v) is 4.00. The van der Waals surface area contributed by atoms with Crippen molar-refractivity contribution in [2.45, 2.75) is 12.7 Å². The quantitative estimate of drug-likeness (QED) is 0.723. The second-order valence-electron chi connectivity index (χ2n) is 2.35. The van der Waals surface area contributed by atoms with Gasteiger partial charge in [0.1, 0.15) is 5.82 Å². The van der Waals surface area contributed by atoms with Gasteiger partial charge in [-0.1, -0.05) is 30.7 Å². The fourth-order valence-corrected chi connectivity index (χ4v) is 1.81. The number of hydrogen-bond acceptors (Lipinski definition) is 1. The molecule has 0 atom stereocenters. The molecule has 0 saturated heterocycles. The first-order valence-corrected chi connectivity index (χ1v) is 5.29. The first kappa shape index (κ1) is 9.87. The van der Waals surface area contributed by atoms with Crippen LogP contribution < -0.4 is 0 Å². The van der Waals surface area contributed by atoms with E-state index in [4.69, 9.17) is 11.6 Å². The van der Waals surface area contributed by atoms with Crippen molar-refractivity contribution in [3.63, 3.8) is 0 Å². The predicted octanol–water partition coefficient (Wildman–Crippen LogP) is 3.73. The maximum atomic E-state index is 12.9. The zero-order valence-electron chi connectivity index (χ0n) is 6.81. The molecule has 1 rings (SSSR count). The van der Waals surface area contributed by atoms with E-state index in [1.165, 1.54) is 6.07 Å². The lowest BCUT2D eigenvalue weighted by molar-refractivity contribution is 0.627. The zero-order chi connectivity index (χ0) is 8.97. The van der Waals surface area contributed by atoms with Crippen LogP contribution in [-0.2, 0) is 5.75 Å². The molecule has 0 heterocycles. The van der Waals surface area contributed by atoms with Gasteiger partial charge in [0, 0.05) is 5.75 Å². The molecule has 1 aromatic rings. The molecule has 12 heavy (non-hydrogen) atoms. The third-order valence-corrected chi connectivity index (χ3v) is 2.84. The average Bonchev–Trinajstić information content (AvgIpc) is 2.08. The summed E-state index contributed by atoms with van der Waals surface area (Å²) in [5, 5.41) is 0.262. The molecule has 0 aliphatic carbocycles. The molecular formula is C9H10ClFS. The Bertz CT molecular complexity index is 263. The Labute approximate surface area is 81.1 Å². The minimum absolute atomic E-state index is 0.262. The minimum atomic E-state index is -0.328. The Hall–Kier alpha value is -0.210. The van der Waals surface area contributed by atoms with Crippen LogP contribution in [0.15, 0.2) is 18.2 Å². The lowest BCUT2D eigenvalue weighted by Crippen LogP contribution is -1.86. The topological polar surface area (TPSA) is 0 Å². The van der Waals surface area contributed by atoms with E-state index in [1.807, 2.05) is 6.07 Å². The van der Waals surface area contributed by atoms with Gasteiger partial charge < -0.3 is 0 Å². The first-order valence-electron chi connectivity index (χ1n) is 3.76. The normalized spacial score (nSPS) is 10.2.